The van der Waals surface area contributed by atoms with E-state index in [0.717, 1.165) is 38.5 Å². The van der Waals surface area contributed by atoms with Crippen molar-refractivity contribution in [3.8, 4) is 0 Å². The van der Waals surface area contributed by atoms with Crippen LogP contribution in [0.15, 0.2) is 5.38 Å². The summed E-state index contributed by atoms with van der Waals surface area (Å²) in [6.45, 7) is 6.48. The van der Waals surface area contributed by atoms with E-state index in [4.69, 9.17) is 10.5 Å². The Morgan fingerprint density at radius 3 is 3.00 bits per heavy atom. The van der Waals surface area contributed by atoms with Crippen LogP contribution in [0.3, 0.4) is 0 Å². The van der Waals surface area contributed by atoms with Crippen molar-refractivity contribution in [2.24, 2.45) is 5.92 Å². The van der Waals surface area contributed by atoms with Crippen LogP contribution in [-0.2, 0) is 16.1 Å². The smallest absolute Gasteiger partial charge is 0.224 e. The summed E-state index contributed by atoms with van der Waals surface area (Å²) in [5.74, 6) is 0.0205. The molecule has 3 N–H and O–H groups in total. The number of nitrogens with one attached hydrogen (secondary N) is 1. The van der Waals surface area contributed by atoms with Gasteiger partial charge in [-0.05, 0) is 0 Å². The van der Waals surface area contributed by atoms with Crippen molar-refractivity contribution in [2.75, 3.05) is 38.6 Å². The minimum Gasteiger partial charge on any atom is -0.379 e. The van der Waals surface area contributed by atoms with Crippen molar-refractivity contribution in [2.45, 2.75) is 13.5 Å². The molecule has 0 saturated carbocycles. The number of carbonyl (C=O) groups excluding carboxylic acids is 1. The van der Waals surface area contributed by atoms with Crippen molar-refractivity contribution in [3.05, 3.63) is 11.1 Å². The highest BCUT2D eigenvalue weighted by atomic mass is 32.1. The first kappa shape index (κ1) is 14.2. The van der Waals surface area contributed by atoms with Gasteiger partial charge in [-0.3, -0.25) is 9.69 Å². The topological polar surface area (TPSA) is 80.5 Å². The maximum absolute atomic E-state index is 12.0. The first-order valence-corrected chi connectivity index (χ1v) is 7.31. The average Bonchev–Trinajstić information content (AvgIpc) is 2.83. The van der Waals surface area contributed by atoms with Gasteiger partial charge in [0.2, 0.25) is 5.91 Å². The molecule has 6 nitrogen and oxygen atoms in total. The van der Waals surface area contributed by atoms with Crippen LogP contribution >= 0.6 is 11.3 Å². The predicted octanol–water partition coefficient (Wildman–Crippen LogP) is 0.310. The summed E-state index contributed by atoms with van der Waals surface area (Å²) in [4.78, 5) is 18.3. The molecule has 1 fully saturated rings. The van der Waals surface area contributed by atoms with Crippen LogP contribution < -0.4 is 11.1 Å². The quantitative estimate of drug-likeness (QED) is 0.813. The molecule has 0 aromatic carbocycles. The van der Waals surface area contributed by atoms with Crippen molar-refractivity contribution < 1.29 is 9.53 Å². The number of thiazole rings is 1. The van der Waals surface area contributed by atoms with Crippen LogP contribution in [-0.4, -0.2) is 48.6 Å². The summed E-state index contributed by atoms with van der Waals surface area (Å²) in [6.07, 6.45) is 0. The molecule has 1 atom stereocenters. The standard InChI is InChI=1S/C12H20N4O2S/c1-9(7-16-2-4-18-5-3-16)11(17)14-6-10-8-19-12(13)15-10/h8-9H,2-7H2,1H3,(H2,13,15)(H,14,17). The summed E-state index contributed by atoms with van der Waals surface area (Å²) in [5, 5.41) is 5.29. The fraction of sp³-hybridized carbons (Fsp3) is 0.667. The SMILES string of the molecule is CC(CN1CCOCC1)C(=O)NCc1csc(N)n1. The molecule has 0 radical (unpaired) electrons. The van der Waals surface area contributed by atoms with Crippen LogP contribution in [0.1, 0.15) is 12.6 Å². The molecule has 19 heavy (non-hydrogen) atoms. The van der Waals surface area contributed by atoms with Gasteiger partial charge in [-0.15, -0.1) is 11.3 Å². The molecule has 2 rings (SSSR count). The highest BCUT2D eigenvalue weighted by Gasteiger charge is 2.18. The Bertz CT molecular complexity index is 418. The van der Waals surface area contributed by atoms with Crippen molar-refractivity contribution in [3.63, 3.8) is 0 Å². The minimum absolute atomic E-state index is 0.0333. The second-order valence-corrected chi connectivity index (χ2v) is 5.60. The zero-order valence-electron chi connectivity index (χ0n) is 11.1. The summed E-state index contributed by atoms with van der Waals surface area (Å²) in [7, 11) is 0. The number of hydrogen-bond acceptors (Lipinski definition) is 6. The molecule has 106 valence electrons. The number of nitrogens with zero attached hydrogens (tertiary/aromatic N) is 2. The van der Waals surface area contributed by atoms with Gasteiger partial charge in [-0.1, -0.05) is 6.92 Å². The van der Waals surface area contributed by atoms with Gasteiger partial charge in [-0.2, -0.15) is 0 Å². The maximum Gasteiger partial charge on any atom is 0.224 e. The van der Waals surface area contributed by atoms with E-state index in [1.165, 1.54) is 11.3 Å². The van der Waals surface area contributed by atoms with Crippen LogP contribution in [0, 0.1) is 5.92 Å². The van der Waals surface area contributed by atoms with E-state index in [0.29, 0.717) is 11.7 Å². The third-order valence-electron chi connectivity index (χ3n) is 3.10. The molecular weight excluding hydrogens is 264 g/mol. The third-order valence-corrected chi connectivity index (χ3v) is 3.82. The third kappa shape index (κ3) is 4.45. The number of aromatic nitrogens is 1. The largest absolute Gasteiger partial charge is 0.379 e. The van der Waals surface area contributed by atoms with E-state index >= 15 is 0 Å². The Morgan fingerprint density at radius 2 is 2.37 bits per heavy atom. The molecule has 1 aliphatic heterocycles. The Kier molecular flexibility index (Phi) is 5.12. The molecule has 1 aliphatic rings. The van der Waals surface area contributed by atoms with E-state index in [1.807, 2.05) is 12.3 Å². The number of carbonyl (C=O) groups is 1. The maximum atomic E-state index is 12.0. The molecule has 7 heteroatoms. The molecule has 0 spiro atoms. The second-order valence-electron chi connectivity index (χ2n) is 4.71. The van der Waals surface area contributed by atoms with Gasteiger partial charge in [0.1, 0.15) is 0 Å². The van der Waals surface area contributed by atoms with Crippen LogP contribution in [0.25, 0.3) is 0 Å². The highest BCUT2D eigenvalue weighted by molar-refractivity contribution is 7.13. The van der Waals surface area contributed by atoms with Crippen LogP contribution in [0.5, 0.6) is 0 Å². The average molecular weight is 284 g/mol. The molecule has 1 aromatic heterocycles. The van der Waals surface area contributed by atoms with E-state index in [1.54, 1.807) is 0 Å². The monoisotopic (exact) mass is 284 g/mol. The number of anilines is 1. The number of rotatable bonds is 5. The molecule has 1 saturated heterocycles. The van der Waals surface area contributed by atoms with Crippen molar-refractivity contribution in [1.29, 1.82) is 0 Å². The van der Waals surface area contributed by atoms with E-state index in [9.17, 15) is 4.79 Å². The van der Waals surface area contributed by atoms with Crippen molar-refractivity contribution >= 4 is 22.4 Å². The fourth-order valence-electron chi connectivity index (χ4n) is 2.01. The fourth-order valence-corrected chi connectivity index (χ4v) is 2.57. The predicted molar refractivity (Wildman–Crippen MR) is 74.8 cm³/mol. The van der Waals surface area contributed by atoms with E-state index < -0.39 is 0 Å². The lowest BCUT2D eigenvalue weighted by Gasteiger charge is -2.28. The Labute approximate surface area is 116 Å². The first-order chi connectivity index (χ1) is 9.15. The van der Waals surface area contributed by atoms with Crippen LogP contribution in [0.4, 0.5) is 5.13 Å². The number of hydrogen-bond donors (Lipinski definition) is 2. The van der Waals surface area contributed by atoms with E-state index in [-0.39, 0.29) is 11.8 Å². The minimum atomic E-state index is -0.0333. The van der Waals surface area contributed by atoms with Crippen LogP contribution in [0.2, 0.25) is 0 Å². The number of morpholine rings is 1. The zero-order valence-corrected chi connectivity index (χ0v) is 11.9. The van der Waals surface area contributed by atoms with Gasteiger partial charge in [-0.25, -0.2) is 4.98 Å². The number of ether oxygens (including phenoxy) is 1. The van der Waals surface area contributed by atoms with Gasteiger partial charge < -0.3 is 15.8 Å². The van der Waals surface area contributed by atoms with Gasteiger partial charge in [0, 0.05) is 30.9 Å². The van der Waals surface area contributed by atoms with Gasteiger partial charge in [0.25, 0.3) is 0 Å². The van der Waals surface area contributed by atoms with E-state index in [2.05, 4.69) is 15.2 Å². The Morgan fingerprint density at radius 1 is 1.63 bits per heavy atom. The lowest BCUT2D eigenvalue weighted by atomic mass is 10.1. The summed E-state index contributed by atoms with van der Waals surface area (Å²) in [5.41, 5.74) is 6.36. The van der Waals surface area contributed by atoms with Crippen molar-refractivity contribution in [1.82, 2.24) is 15.2 Å². The summed E-state index contributed by atoms with van der Waals surface area (Å²) < 4.78 is 5.29. The first-order valence-electron chi connectivity index (χ1n) is 6.43. The lowest BCUT2D eigenvalue weighted by Crippen LogP contribution is -2.42. The van der Waals surface area contributed by atoms with Gasteiger partial charge >= 0.3 is 0 Å². The zero-order chi connectivity index (χ0) is 13.7. The lowest BCUT2D eigenvalue weighted by molar-refractivity contribution is -0.125. The normalized spacial score (nSPS) is 18.2. The molecule has 1 amide bonds. The molecule has 2 heterocycles. The Balaban J connectivity index is 1.72. The second kappa shape index (κ2) is 6.83. The summed E-state index contributed by atoms with van der Waals surface area (Å²) >= 11 is 1.39. The number of amides is 1. The molecule has 0 bridgehead atoms. The number of nitrogens with two attached hydrogens (primary N) is 1. The molecular formula is C12H20N4O2S. The van der Waals surface area contributed by atoms with Gasteiger partial charge in [0.05, 0.1) is 25.5 Å². The molecule has 0 aliphatic carbocycles. The Hall–Kier alpha value is -1.18. The van der Waals surface area contributed by atoms with Gasteiger partial charge in [0.15, 0.2) is 5.13 Å². The highest BCUT2D eigenvalue weighted by Crippen LogP contribution is 2.11. The number of nitrogen functional groups attached to an aromatic ring is 1. The molecule has 1 aromatic rings. The molecule has 1 unspecified atom stereocenters. The summed E-state index contributed by atoms with van der Waals surface area (Å²) in [6, 6.07) is 0.